The second-order valence-corrected chi connectivity index (χ2v) is 11.2. The lowest BCUT2D eigenvalue weighted by atomic mass is 9.73. The number of carboxylic acids is 1. The number of rotatable bonds is 14. The number of aliphatic hydroxyl groups excluding tert-OH is 1. The number of carboxylic acid groups (broad SMARTS) is 1. The number of unbranched alkanes of at least 4 members (excludes halogenated alkanes) is 2. The molecule has 1 saturated heterocycles. The number of hydrogen-bond donors (Lipinski definition) is 5. The van der Waals surface area contributed by atoms with Crippen LogP contribution in [0.2, 0.25) is 0 Å². The van der Waals surface area contributed by atoms with Crippen LogP contribution in [0.5, 0.6) is 11.5 Å². The molecule has 1 amide bonds. The van der Waals surface area contributed by atoms with E-state index in [2.05, 4.69) is 10.3 Å². The fraction of sp³-hybridized carbons (Fsp3) is 0.324. The lowest BCUT2D eigenvalue weighted by Gasteiger charge is -2.47. The van der Waals surface area contributed by atoms with Crippen molar-refractivity contribution in [3.05, 3.63) is 106 Å². The molecule has 2 heterocycles. The normalized spacial score (nSPS) is 14.6. The monoisotopic (exact) mass is 599 g/mol. The number of carbonyl (C=O) groups is 2. The van der Waals surface area contributed by atoms with Gasteiger partial charge in [0, 0.05) is 31.1 Å². The highest BCUT2D eigenvalue weighted by Crippen LogP contribution is 2.35. The number of nitrogens with zero attached hydrogens (tertiary/aromatic N) is 1. The van der Waals surface area contributed by atoms with Crippen molar-refractivity contribution in [3.8, 4) is 11.5 Å². The van der Waals surface area contributed by atoms with E-state index < -0.39 is 17.5 Å². The van der Waals surface area contributed by atoms with Crippen molar-refractivity contribution in [1.82, 2.24) is 15.2 Å². The zero-order chi connectivity index (χ0) is 31.1. The molecule has 1 aromatic heterocycles. The first kappa shape index (κ1) is 30.8. The molecular formula is C34H37N3O7. The van der Waals surface area contributed by atoms with Gasteiger partial charge >= 0.3 is 5.97 Å². The highest BCUT2D eigenvalue weighted by molar-refractivity contribution is 5.89. The molecular weight excluding hydrogens is 562 g/mol. The number of aliphatic hydroxyl groups is 1. The number of hydrogen-bond acceptors (Lipinski definition) is 7. The molecule has 10 heteroatoms. The number of likely N-dealkylation sites (tertiary alicyclic amines) is 1. The van der Waals surface area contributed by atoms with E-state index >= 15 is 0 Å². The lowest BCUT2D eigenvalue weighted by molar-refractivity contribution is -0.156. The molecule has 0 radical (unpaired) electrons. The van der Waals surface area contributed by atoms with E-state index in [-0.39, 0.29) is 36.7 Å². The van der Waals surface area contributed by atoms with E-state index in [0.717, 1.165) is 37.1 Å². The van der Waals surface area contributed by atoms with Gasteiger partial charge in [-0.05, 0) is 66.8 Å². The van der Waals surface area contributed by atoms with Crippen molar-refractivity contribution >= 4 is 22.8 Å². The van der Waals surface area contributed by atoms with Gasteiger partial charge in [-0.3, -0.25) is 14.4 Å². The van der Waals surface area contributed by atoms with Gasteiger partial charge < -0.3 is 35.3 Å². The van der Waals surface area contributed by atoms with Crippen molar-refractivity contribution in [3.63, 3.8) is 0 Å². The zero-order valence-electron chi connectivity index (χ0n) is 24.4. The van der Waals surface area contributed by atoms with Crippen LogP contribution in [0.15, 0.2) is 83.7 Å². The number of fused-ring (bicyclic) bond motifs is 1. The molecule has 0 bridgehead atoms. The number of carbonyl (C=O) groups excluding carboxylic acids is 1. The van der Waals surface area contributed by atoms with Crippen molar-refractivity contribution in [2.24, 2.45) is 0 Å². The number of benzene rings is 3. The summed E-state index contributed by atoms with van der Waals surface area (Å²) in [6.07, 6.45) is 2.13. The summed E-state index contributed by atoms with van der Waals surface area (Å²) in [7, 11) is 0. The highest BCUT2D eigenvalue weighted by atomic mass is 16.5. The van der Waals surface area contributed by atoms with Crippen molar-refractivity contribution in [1.29, 1.82) is 0 Å². The average Bonchev–Trinajstić information content (AvgIpc) is 2.99. The quantitative estimate of drug-likeness (QED) is 0.138. The maximum atomic E-state index is 12.8. The topological polar surface area (TPSA) is 152 Å². The van der Waals surface area contributed by atoms with Crippen LogP contribution < -0.4 is 15.6 Å². The van der Waals surface area contributed by atoms with Gasteiger partial charge in [0.25, 0.3) is 0 Å². The third-order valence-electron chi connectivity index (χ3n) is 8.16. The molecule has 4 aromatic rings. The van der Waals surface area contributed by atoms with E-state index in [1.165, 1.54) is 12.1 Å². The third-order valence-corrected chi connectivity index (χ3v) is 8.16. The van der Waals surface area contributed by atoms with Crippen molar-refractivity contribution in [2.45, 2.75) is 37.2 Å². The van der Waals surface area contributed by atoms with Crippen molar-refractivity contribution in [2.75, 3.05) is 32.8 Å². The van der Waals surface area contributed by atoms with Gasteiger partial charge in [-0.25, -0.2) is 0 Å². The molecule has 1 aliphatic heterocycles. The Bertz CT molecular complexity index is 1650. The number of phenolic OH excluding ortho intramolecular Hbond substituents is 1. The number of ether oxygens (including phenoxy) is 1. The summed E-state index contributed by atoms with van der Waals surface area (Å²) in [5, 5.41) is 34.3. The molecule has 5 N–H and O–H groups in total. The number of aromatic nitrogens is 1. The van der Waals surface area contributed by atoms with Gasteiger partial charge in [-0.15, -0.1) is 0 Å². The maximum Gasteiger partial charge on any atom is 0.317 e. The fourth-order valence-electron chi connectivity index (χ4n) is 5.59. The number of nitrogens with one attached hydrogen (secondary N) is 2. The van der Waals surface area contributed by atoms with Crippen LogP contribution in [-0.4, -0.2) is 69.9 Å². The van der Waals surface area contributed by atoms with E-state index in [1.54, 1.807) is 29.2 Å². The lowest BCUT2D eigenvalue weighted by Crippen LogP contribution is -2.65. The average molecular weight is 600 g/mol. The predicted molar refractivity (Wildman–Crippen MR) is 166 cm³/mol. The summed E-state index contributed by atoms with van der Waals surface area (Å²) in [6.45, 7) is 1.96. The molecule has 1 atom stereocenters. The first-order chi connectivity index (χ1) is 21.3. The van der Waals surface area contributed by atoms with Gasteiger partial charge in [-0.1, -0.05) is 48.5 Å². The summed E-state index contributed by atoms with van der Waals surface area (Å²) < 4.78 is 5.84. The van der Waals surface area contributed by atoms with E-state index in [0.29, 0.717) is 35.2 Å². The van der Waals surface area contributed by atoms with Crippen LogP contribution in [0, 0.1) is 0 Å². The third kappa shape index (κ3) is 6.93. The number of aliphatic carboxylic acids is 1. The first-order valence-electron chi connectivity index (χ1n) is 14.8. The van der Waals surface area contributed by atoms with Gasteiger partial charge in [0.05, 0.1) is 24.6 Å². The Balaban J connectivity index is 0.972. The molecule has 1 fully saturated rings. The number of pyridine rings is 1. The Labute approximate surface area is 254 Å². The summed E-state index contributed by atoms with van der Waals surface area (Å²) in [5.41, 5.74) is 1.15. The Morgan fingerprint density at radius 3 is 2.43 bits per heavy atom. The van der Waals surface area contributed by atoms with Gasteiger partial charge in [0.1, 0.15) is 16.9 Å². The molecule has 3 aromatic carbocycles. The number of phenols is 1. The van der Waals surface area contributed by atoms with Crippen LogP contribution in [0.3, 0.4) is 0 Å². The molecule has 1 unspecified atom stereocenters. The molecule has 44 heavy (non-hydrogen) atoms. The molecule has 0 spiro atoms. The van der Waals surface area contributed by atoms with Gasteiger partial charge in [-0.2, -0.15) is 0 Å². The standard InChI is InChI=1S/C34H37N3O7/c38-28-15-13-26(27-14-16-30(40)36-32(27)28)29(39)20-35-17-5-2-6-18-44-25-11-9-23(10-12-25)19-31(41)37-21-34(22-37,33(42)43)24-7-3-1-4-8-24/h1,3-4,7-16,29,35,38-39H,2,5-6,17-22H2,(H,36,40)(H,42,43). The second-order valence-electron chi connectivity index (χ2n) is 11.2. The smallest absolute Gasteiger partial charge is 0.317 e. The van der Waals surface area contributed by atoms with E-state index in [9.17, 15) is 29.7 Å². The van der Waals surface area contributed by atoms with E-state index in [1.807, 2.05) is 42.5 Å². The van der Waals surface area contributed by atoms with Gasteiger partial charge in [0.15, 0.2) is 0 Å². The molecule has 10 nitrogen and oxygen atoms in total. The molecule has 0 saturated carbocycles. The van der Waals surface area contributed by atoms with Crippen molar-refractivity contribution < 1.29 is 29.6 Å². The van der Waals surface area contributed by atoms with Gasteiger partial charge in [0.2, 0.25) is 11.5 Å². The Morgan fingerprint density at radius 1 is 0.955 bits per heavy atom. The Kier molecular flexibility index (Phi) is 9.62. The van der Waals surface area contributed by atoms with Crippen LogP contribution in [0.1, 0.15) is 42.1 Å². The predicted octanol–water partition coefficient (Wildman–Crippen LogP) is 3.51. The fourth-order valence-corrected chi connectivity index (χ4v) is 5.59. The highest BCUT2D eigenvalue weighted by Gasteiger charge is 2.52. The van der Waals surface area contributed by atoms with Crippen LogP contribution in [0.25, 0.3) is 10.9 Å². The molecule has 230 valence electrons. The minimum Gasteiger partial charge on any atom is -0.506 e. The number of aromatic hydroxyl groups is 1. The minimum absolute atomic E-state index is 0.0356. The zero-order valence-corrected chi connectivity index (χ0v) is 24.4. The van der Waals surface area contributed by atoms with E-state index in [4.69, 9.17) is 4.74 Å². The Morgan fingerprint density at radius 2 is 1.70 bits per heavy atom. The maximum absolute atomic E-state index is 12.8. The SMILES string of the molecule is O=C(Cc1ccc(OCCCCCNCC(O)c2ccc(O)c3[nH]c(=O)ccc23)cc1)N1CC(C(=O)O)(c2ccccc2)C1. The van der Waals surface area contributed by atoms with Crippen LogP contribution in [-0.2, 0) is 21.4 Å². The molecule has 1 aliphatic rings. The molecule has 5 rings (SSSR count). The molecule has 0 aliphatic carbocycles. The number of H-pyrrole nitrogens is 1. The number of amides is 1. The summed E-state index contributed by atoms with van der Waals surface area (Å²) >= 11 is 0. The summed E-state index contributed by atoms with van der Waals surface area (Å²) in [4.78, 5) is 40.6. The summed E-state index contributed by atoms with van der Waals surface area (Å²) in [6, 6.07) is 22.6. The number of aromatic amines is 1. The van der Waals surface area contributed by atoms with Crippen LogP contribution in [0.4, 0.5) is 0 Å². The Hall–Kier alpha value is -4.67. The minimum atomic E-state index is -1.04. The summed E-state index contributed by atoms with van der Waals surface area (Å²) in [5.74, 6) is -0.320. The first-order valence-corrected chi connectivity index (χ1v) is 14.8. The largest absolute Gasteiger partial charge is 0.506 e. The second kappa shape index (κ2) is 13.7. The van der Waals surface area contributed by atoms with Crippen LogP contribution >= 0.6 is 0 Å².